The number of aromatic amines is 1. The van der Waals surface area contributed by atoms with Gasteiger partial charge in [0.15, 0.2) is 0 Å². The van der Waals surface area contributed by atoms with Crippen LogP contribution in [0.25, 0.3) is 0 Å². The van der Waals surface area contributed by atoms with Crippen molar-refractivity contribution in [3.63, 3.8) is 0 Å². The molecule has 1 aromatic rings. The standard InChI is InChI=1S/C17H26N4O2/c1-12-4-6-14(7-5-12)19-17(23)13-3-2-8-21(11-13)15-9-16(22)20-18-10-15/h9-10,12-14H,2-8,11H2,1H3,(H,19,23)(H,20,22)/t12?,13-,14?/m1/s1. The summed E-state index contributed by atoms with van der Waals surface area (Å²) in [7, 11) is 0. The lowest BCUT2D eigenvalue weighted by molar-refractivity contribution is -0.126. The number of piperidine rings is 1. The zero-order valence-electron chi connectivity index (χ0n) is 13.8. The van der Waals surface area contributed by atoms with Crippen LogP contribution in [0.2, 0.25) is 0 Å². The summed E-state index contributed by atoms with van der Waals surface area (Å²) in [5.41, 5.74) is 0.600. The number of hydrogen-bond acceptors (Lipinski definition) is 4. The van der Waals surface area contributed by atoms with Crippen molar-refractivity contribution < 1.29 is 4.79 Å². The monoisotopic (exact) mass is 318 g/mol. The van der Waals surface area contributed by atoms with Gasteiger partial charge < -0.3 is 10.2 Å². The number of carbonyl (C=O) groups excluding carboxylic acids is 1. The maximum atomic E-state index is 12.6. The maximum Gasteiger partial charge on any atom is 0.266 e. The second kappa shape index (κ2) is 7.15. The average Bonchev–Trinajstić information content (AvgIpc) is 2.57. The van der Waals surface area contributed by atoms with Gasteiger partial charge in [-0.25, -0.2) is 5.10 Å². The summed E-state index contributed by atoms with van der Waals surface area (Å²) in [4.78, 5) is 26.1. The van der Waals surface area contributed by atoms with Crippen LogP contribution in [0.5, 0.6) is 0 Å². The fourth-order valence-corrected chi connectivity index (χ4v) is 3.69. The molecule has 0 spiro atoms. The molecule has 1 saturated carbocycles. The molecule has 2 heterocycles. The first kappa shape index (κ1) is 16.0. The summed E-state index contributed by atoms with van der Waals surface area (Å²) in [5.74, 6) is 0.964. The summed E-state index contributed by atoms with van der Waals surface area (Å²) >= 11 is 0. The van der Waals surface area contributed by atoms with E-state index < -0.39 is 0 Å². The smallest absolute Gasteiger partial charge is 0.266 e. The molecule has 1 atom stereocenters. The van der Waals surface area contributed by atoms with Crippen LogP contribution in [0.1, 0.15) is 45.4 Å². The minimum atomic E-state index is -0.203. The van der Waals surface area contributed by atoms with Gasteiger partial charge in [-0.05, 0) is 44.4 Å². The van der Waals surface area contributed by atoms with Crippen LogP contribution in [0.3, 0.4) is 0 Å². The van der Waals surface area contributed by atoms with Crippen LogP contribution in [0, 0.1) is 11.8 Å². The maximum absolute atomic E-state index is 12.6. The fraction of sp³-hybridized carbons (Fsp3) is 0.706. The van der Waals surface area contributed by atoms with Gasteiger partial charge in [-0.2, -0.15) is 5.10 Å². The van der Waals surface area contributed by atoms with E-state index in [-0.39, 0.29) is 17.4 Å². The minimum Gasteiger partial charge on any atom is -0.369 e. The van der Waals surface area contributed by atoms with Crippen molar-refractivity contribution in [3.05, 3.63) is 22.6 Å². The lowest BCUT2D eigenvalue weighted by atomic mass is 9.87. The van der Waals surface area contributed by atoms with Gasteiger partial charge in [0, 0.05) is 25.2 Å². The van der Waals surface area contributed by atoms with Gasteiger partial charge >= 0.3 is 0 Å². The van der Waals surface area contributed by atoms with Crippen LogP contribution >= 0.6 is 0 Å². The summed E-state index contributed by atoms with van der Waals surface area (Å²) in [6.45, 7) is 3.82. The van der Waals surface area contributed by atoms with E-state index in [9.17, 15) is 9.59 Å². The third kappa shape index (κ3) is 4.12. The highest BCUT2D eigenvalue weighted by Gasteiger charge is 2.28. The van der Waals surface area contributed by atoms with Gasteiger partial charge in [-0.1, -0.05) is 6.92 Å². The molecular formula is C17H26N4O2. The lowest BCUT2D eigenvalue weighted by Crippen LogP contribution is -2.47. The number of amides is 1. The summed E-state index contributed by atoms with van der Waals surface area (Å²) in [6.07, 6.45) is 8.15. The predicted octanol–water partition coefficient (Wildman–Crippen LogP) is 1.68. The van der Waals surface area contributed by atoms with Crippen LogP contribution in [-0.4, -0.2) is 35.2 Å². The molecule has 6 nitrogen and oxygen atoms in total. The van der Waals surface area contributed by atoms with Crippen molar-refractivity contribution in [2.45, 2.75) is 51.5 Å². The normalized spacial score (nSPS) is 28.4. The Morgan fingerprint density at radius 2 is 2.09 bits per heavy atom. The van der Waals surface area contributed by atoms with Gasteiger partial charge in [0.2, 0.25) is 5.91 Å². The Hall–Kier alpha value is -1.85. The van der Waals surface area contributed by atoms with E-state index in [1.54, 1.807) is 12.3 Å². The first-order chi connectivity index (χ1) is 11.1. The van der Waals surface area contributed by atoms with Gasteiger partial charge in [-0.3, -0.25) is 9.59 Å². The molecule has 1 aliphatic heterocycles. The van der Waals surface area contributed by atoms with E-state index in [4.69, 9.17) is 0 Å². The molecule has 6 heteroatoms. The van der Waals surface area contributed by atoms with Gasteiger partial charge in [-0.15, -0.1) is 0 Å². The average molecular weight is 318 g/mol. The first-order valence-electron chi connectivity index (χ1n) is 8.72. The van der Waals surface area contributed by atoms with Gasteiger partial charge in [0.05, 0.1) is 17.8 Å². The quantitative estimate of drug-likeness (QED) is 0.889. The number of carbonyl (C=O) groups is 1. The van der Waals surface area contributed by atoms with E-state index >= 15 is 0 Å². The summed E-state index contributed by atoms with van der Waals surface area (Å²) in [5, 5.41) is 9.48. The van der Waals surface area contributed by atoms with Crippen molar-refractivity contribution in [3.8, 4) is 0 Å². The highest BCUT2D eigenvalue weighted by molar-refractivity contribution is 5.80. The van der Waals surface area contributed by atoms with Crippen LogP contribution in [0.15, 0.2) is 17.1 Å². The first-order valence-corrected chi connectivity index (χ1v) is 8.72. The Morgan fingerprint density at radius 3 is 2.83 bits per heavy atom. The molecule has 0 unspecified atom stereocenters. The van der Waals surface area contributed by atoms with Crippen molar-refractivity contribution >= 4 is 11.6 Å². The Labute approximate surface area is 136 Å². The highest BCUT2D eigenvalue weighted by atomic mass is 16.2. The number of hydrogen-bond donors (Lipinski definition) is 2. The topological polar surface area (TPSA) is 78.1 Å². The van der Waals surface area contributed by atoms with E-state index in [1.807, 2.05) is 0 Å². The highest BCUT2D eigenvalue weighted by Crippen LogP contribution is 2.25. The molecule has 2 fully saturated rings. The summed E-state index contributed by atoms with van der Waals surface area (Å²) < 4.78 is 0. The third-order valence-corrected chi connectivity index (χ3v) is 5.17. The van der Waals surface area contributed by atoms with E-state index in [0.29, 0.717) is 12.6 Å². The molecule has 126 valence electrons. The number of anilines is 1. The molecule has 1 aliphatic carbocycles. The van der Waals surface area contributed by atoms with Gasteiger partial charge in [0.25, 0.3) is 5.56 Å². The van der Waals surface area contributed by atoms with Crippen molar-refractivity contribution in [1.29, 1.82) is 0 Å². The fourth-order valence-electron chi connectivity index (χ4n) is 3.69. The molecule has 1 amide bonds. The zero-order chi connectivity index (χ0) is 16.2. The van der Waals surface area contributed by atoms with Crippen molar-refractivity contribution in [2.75, 3.05) is 18.0 Å². The molecule has 1 saturated heterocycles. The van der Waals surface area contributed by atoms with E-state index in [1.165, 1.54) is 12.8 Å². The molecule has 23 heavy (non-hydrogen) atoms. The number of nitrogens with one attached hydrogen (secondary N) is 2. The molecule has 3 rings (SSSR count). The van der Waals surface area contributed by atoms with Crippen molar-refractivity contribution in [2.24, 2.45) is 11.8 Å². The van der Waals surface area contributed by atoms with Gasteiger partial charge in [0.1, 0.15) is 0 Å². The zero-order valence-corrected chi connectivity index (χ0v) is 13.8. The number of H-pyrrole nitrogens is 1. The Morgan fingerprint density at radius 1 is 1.30 bits per heavy atom. The Balaban J connectivity index is 1.57. The lowest BCUT2D eigenvalue weighted by Gasteiger charge is -2.35. The Bertz CT molecular complexity index is 592. The van der Waals surface area contributed by atoms with Crippen LogP contribution in [0.4, 0.5) is 5.69 Å². The van der Waals surface area contributed by atoms with E-state index in [2.05, 4.69) is 27.3 Å². The Kier molecular flexibility index (Phi) is 4.98. The summed E-state index contributed by atoms with van der Waals surface area (Å²) in [6, 6.07) is 1.89. The molecule has 0 aromatic carbocycles. The molecule has 0 radical (unpaired) electrons. The largest absolute Gasteiger partial charge is 0.369 e. The van der Waals surface area contributed by atoms with E-state index in [0.717, 1.165) is 43.8 Å². The molecule has 2 aliphatic rings. The second-order valence-electron chi connectivity index (χ2n) is 7.05. The molecule has 2 N–H and O–H groups in total. The van der Waals surface area contributed by atoms with Crippen LogP contribution in [-0.2, 0) is 4.79 Å². The molecular weight excluding hydrogens is 292 g/mol. The predicted molar refractivity (Wildman–Crippen MR) is 89.4 cm³/mol. The molecule has 0 bridgehead atoms. The second-order valence-corrected chi connectivity index (χ2v) is 7.05. The number of rotatable bonds is 3. The van der Waals surface area contributed by atoms with Crippen molar-refractivity contribution in [1.82, 2.24) is 15.5 Å². The number of nitrogens with zero attached hydrogens (tertiary/aromatic N) is 2. The third-order valence-electron chi connectivity index (χ3n) is 5.17. The minimum absolute atomic E-state index is 0.00221. The number of aromatic nitrogens is 2. The molecule has 1 aromatic heterocycles. The van der Waals surface area contributed by atoms with Crippen LogP contribution < -0.4 is 15.8 Å². The SMILES string of the molecule is CC1CCC(NC(=O)[C@@H]2CCCN(c3cn[nH]c(=O)c3)C2)CC1.